The van der Waals surface area contributed by atoms with Gasteiger partial charge in [-0.1, -0.05) is 30.6 Å². The van der Waals surface area contributed by atoms with Crippen molar-refractivity contribution in [1.29, 1.82) is 5.26 Å². The molecule has 0 aliphatic heterocycles. The fourth-order valence-electron chi connectivity index (χ4n) is 2.98. The number of anilines is 1. The van der Waals surface area contributed by atoms with Crippen LogP contribution in [0, 0.1) is 16.7 Å². The molecule has 1 aromatic heterocycles. The summed E-state index contributed by atoms with van der Waals surface area (Å²) in [5, 5.41) is 12.5. The number of hydrogen-bond donors (Lipinski definition) is 1. The first-order valence-corrected chi connectivity index (χ1v) is 8.96. The lowest BCUT2D eigenvalue weighted by Crippen LogP contribution is -2.36. The number of aromatic nitrogens is 1. The van der Waals surface area contributed by atoms with E-state index < -0.39 is 18.2 Å². The lowest BCUT2D eigenvalue weighted by Gasteiger charge is -2.28. The monoisotopic (exact) mass is 383 g/mol. The van der Waals surface area contributed by atoms with E-state index in [1.807, 2.05) is 0 Å². The summed E-state index contributed by atoms with van der Waals surface area (Å²) in [6, 6.07) is 6.54. The van der Waals surface area contributed by atoms with E-state index in [0.717, 1.165) is 30.6 Å². The number of amides is 1. The van der Waals surface area contributed by atoms with Gasteiger partial charge >= 0.3 is 6.18 Å². The zero-order valence-electron chi connectivity index (χ0n) is 13.7. The molecular formula is C17H16F3N3O2S. The Morgan fingerprint density at radius 2 is 2.08 bits per heavy atom. The Balaban J connectivity index is 1.74. The summed E-state index contributed by atoms with van der Waals surface area (Å²) >= 11 is 1.13. The molecule has 0 bridgehead atoms. The first-order valence-electron chi connectivity index (χ1n) is 8.14. The summed E-state index contributed by atoms with van der Waals surface area (Å²) in [6.07, 6.45) is -0.682. The number of nitriles is 1. The van der Waals surface area contributed by atoms with E-state index in [1.54, 1.807) is 0 Å². The summed E-state index contributed by atoms with van der Waals surface area (Å²) < 4.78 is 42.0. The zero-order valence-corrected chi connectivity index (χ0v) is 14.5. The van der Waals surface area contributed by atoms with Crippen molar-refractivity contribution in [3.8, 4) is 11.8 Å². The smallest absolute Gasteiger partial charge is 0.422 e. The zero-order chi connectivity index (χ0) is 18.8. The van der Waals surface area contributed by atoms with E-state index >= 15 is 0 Å². The maximum atomic E-state index is 12.6. The number of carbonyl (C=O) groups is 1. The minimum Gasteiger partial charge on any atom is -0.484 e. The summed E-state index contributed by atoms with van der Waals surface area (Å²) in [6.45, 7) is -1.37. The molecule has 3 rings (SSSR count). The van der Waals surface area contributed by atoms with Crippen LogP contribution in [0.25, 0.3) is 10.2 Å². The molecule has 0 unspecified atom stereocenters. The van der Waals surface area contributed by atoms with Crippen molar-refractivity contribution >= 4 is 32.6 Å². The summed E-state index contributed by atoms with van der Waals surface area (Å²) in [4.78, 5) is 16.8. The third kappa shape index (κ3) is 4.07. The number of benzene rings is 1. The molecule has 0 spiro atoms. The summed E-state index contributed by atoms with van der Waals surface area (Å²) in [7, 11) is 0. The molecule has 1 N–H and O–H groups in total. The molecule has 1 heterocycles. The fourth-order valence-corrected chi connectivity index (χ4v) is 3.86. The van der Waals surface area contributed by atoms with Crippen molar-refractivity contribution in [2.45, 2.75) is 38.3 Å². The van der Waals surface area contributed by atoms with Crippen molar-refractivity contribution in [2.75, 3.05) is 11.9 Å². The maximum Gasteiger partial charge on any atom is 0.422 e. The van der Waals surface area contributed by atoms with Gasteiger partial charge < -0.3 is 10.1 Å². The predicted molar refractivity (Wildman–Crippen MR) is 90.9 cm³/mol. The molecule has 1 amide bonds. The number of nitrogens with zero attached hydrogens (tertiary/aromatic N) is 2. The van der Waals surface area contributed by atoms with E-state index in [0.29, 0.717) is 28.2 Å². The third-order valence-corrected chi connectivity index (χ3v) is 5.27. The highest BCUT2D eigenvalue weighted by molar-refractivity contribution is 7.22. The Hall–Kier alpha value is -2.34. The van der Waals surface area contributed by atoms with Crippen LogP contribution in [0.15, 0.2) is 18.2 Å². The molecule has 1 fully saturated rings. The number of rotatable bonds is 4. The van der Waals surface area contributed by atoms with Crippen LogP contribution in [0.4, 0.5) is 18.3 Å². The van der Waals surface area contributed by atoms with E-state index in [9.17, 15) is 23.2 Å². The highest BCUT2D eigenvalue weighted by atomic mass is 32.1. The molecule has 1 aliphatic rings. The summed E-state index contributed by atoms with van der Waals surface area (Å²) in [5.41, 5.74) is -0.490. The van der Waals surface area contributed by atoms with E-state index in [1.165, 1.54) is 18.2 Å². The highest BCUT2D eigenvalue weighted by Gasteiger charge is 2.40. The van der Waals surface area contributed by atoms with Crippen molar-refractivity contribution in [3.05, 3.63) is 18.2 Å². The van der Waals surface area contributed by atoms with E-state index in [-0.39, 0.29) is 11.7 Å². The normalized spacial score (nSPS) is 16.8. The Kier molecular flexibility index (Phi) is 5.05. The number of carbonyl (C=O) groups excluding carboxylic acids is 1. The SMILES string of the molecule is N#CC1(C(=O)Nc2nc3ccc(OCC(F)(F)F)cc3s2)CCCCC1. The van der Waals surface area contributed by atoms with Gasteiger partial charge in [-0.2, -0.15) is 18.4 Å². The lowest BCUT2D eigenvalue weighted by molar-refractivity contribution is -0.153. The highest BCUT2D eigenvalue weighted by Crippen LogP contribution is 2.38. The third-order valence-electron chi connectivity index (χ3n) is 4.34. The average molecular weight is 383 g/mol. The van der Waals surface area contributed by atoms with Crippen molar-refractivity contribution in [2.24, 2.45) is 5.41 Å². The van der Waals surface area contributed by atoms with Crippen molar-refractivity contribution in [1.82, 2.24) is 4.98 Å². The van der Waals surface area contributed by atoms with E-state index in [2.05, 4.69) is 16.4 Å². The van der Waals surface area contributed by atoms with Crippen LogP contribution >= 0.6 is 11.3 Å². The number of ether oxygens (including phenoxy) is 1. The van der Waals surface area contributed by atoms with Gasteiger partial charge in [-0.3, -0.25) is 4.79 Å². The Morgan fingerprint density at radius 1 is 1.35 bits per heavy atom. The lowest BCUT2D eigenvalue weighted by atomic mass is 9.74. The number of halogens is 3. The first kappa shape index (κ1) is 18.5. The second kappa shape index (κ2) is 7.11. The van der Waals surface area contributed by atoms with Gasteiger partial charge in [-0.15, -0.1) is 0 Å². The number of hydrogen-bond acceptors (Lipinski definition) is 5. The predicted octanol–water partition coefficient (Wildman–Crippen LogP) is 4.65. The molecule has 26 heavy (non-hydrogen) atoms. The largest absolute Gasteiger partial charge is 0.484 e. The van der Waals surface area contributed by atoms with Gasteiger partial charge in [0.15, 0.2) is 11.7 Å². The second-order valence-electron chi connectivity index (χ2n) is 6.26. The fraction of sp³-hybridized carbons (Fsp3) is 0.471. The van der Waals surface area contributed by atoms with Crippen molar-refractivity contribution in [3.63, 3.8) is 0 Å². The molecule has 1 aliphatic carbocycles. The minimum absolute atomic E-state index is 0.0807. The number of nitrogens with one attached hydrogen (secondary N) is 1. The molecule has 2 aromatic rings. The van der Waals surface area contributed by atoms with Gasteiger partial charge in [0, 0.05) is 0 Å². The number of thiazole rings is 1. The van der Waals surface area contributed by atoms with Gasteiger partial charge in [0.1, 0.15) is 11.2 Å². The first-order chi connectivity index (χ1) is 12.3. The number of alkyl halides is 3. The Labute approximate surface area is 151 Å². The molecule has 0 atom stereocenters. The average Bonchev–Trinajstić information content (AvgIpc) is 3.01. The Bertz CT molecular complexity index is 851. The Morgan fingerprint density at radius 3 is 2.73 bits per heavy atom. The van der Waals surface area contributed by atoms with Gasteiger partial charge in [0.05, 0.1) is 16.3 Å². The molecule has 138 valence electrons. The van der Waals surface area contributed by atoms with Crippen LogP contribution in [0.2, 0.25) is 0 Å². The molecular weight excluding hydrogens is 367 g/mol. The number of fused-ring (bicyclic) bond motifs is 1. The van der Waals surface area contributed by atoms with Gasteiger partial charge in [-0.25, -0.2) is 4.98 Å². The molecule has 9 heteroatoms. The van der Waals surface area contributed by atoms with Gasteiger partial charge in [0.25, 0.3) is 0 Å². The van der Waals surface area contributed by atoms with Gasteiger partial charge in [-0.05, 0) is 31.0 Å². The van der Waals surface area contributed by atoms with Crippen LogP contribution in [0.3, 0.4) is 0 Å². The quantitative estimate of drug-likeness (QED) is 0.834. The molecule has 1 saturated carbocycles. The molecule has 5 nitrogen and oxygen atoms in total. The van der Waals surface area contributed by atoms with Crippen LogP contribution in [-0.4, -0.2) is 23.7 Å². The molecule has 0 saturated heterocycles. The maximum absolute atomic E-state index is 12.6. The van der Waals surface area contributed by atoms with Crippen molar-refractivity contribution < 1.29 is 22.7 Å². The van der Waals surface area contributed by atoms with Crippen LogP contribution in [0.5, 0.6) is 5.75 Å². The topological polar surface area (TPSA) is 75.0 Å². The summed E-state index contributed by atoms with van der Waals surface area (Å²) in [5.74, 6) is -0.288. The molecule has 1 aromatic carbocycles. The second-order valence-corrected chi connectivity index (χ2v) is 7.29. The van der Waals surface area contributed by atoms with Crippen LogP contribution in [-0.2, 0) is 4.79 Å². The van der Waals surface area contributed by atoms with Gasteiger partial charge in [0.2, 0.25) is 5.91 Å². The van der Waals surface area contributed by atoms with Crippen LogP contribution in [0.1, 0.15) is 32.1 Å². The molecule has 0 radical (unpaired) electrons. The standard InChI is InChI=1S/C17H16F3N3O2S/c18-17(19,20)10-25-11-4-5-12-13(8-11)26-15(22-12)23-14(24)16(9-21)6-2-1-3-7-16/h4-5,8H,1-3,6-7,10H2,(H,22,23,24). The van der Waals surface area contributed by atoms with Crippen LogP contribution < -0.4 is 10.1 Å². The van der Waals surface area contributed by atoms with E-state index in [4.69, 9.17) is 4.74 Å². The minimum atomic E-state index is -4.41.